The molecule has 0 aliphatic heterocycles. The predicted molar refractivity (Wildman–Crippen MR) is 274 cm³/mol. The van der Waals surface area contributed by atoms with Crippen LogP contribution in [0.4, 0.5) is 11.4 Å². The summed E-state index contributed by atoms with van der Waals surface area (Å²) in [6.07, 6.45) is 5.84. The topological polar surface area (TPSA) is 273 Å². The first-order valence-electron chi connectivity index (χ1n) is 19.3. The van der Waals surface area contributed by atoms with E-state index < -0.39 is 0 Å². The molecule has 3 amide bonds. The summed E-state index contributed by atoms with van der Waals surface area (Å²) in [5.74, 6) is 1.21. The molecule has 3 aromatic heterocycles. The van der Waals surface area contributed by atoms with Crippen molar-refractivity contribution in [3.05, 3.63) is 122 Å². The van der Waals surface area contributed by atoms with Crippen molar-refractivity contribution in [1.29, 1.82) is 10.8 Å². The van der Waals surface area contributed by atoms with Crippen LogP contribution in [0.25, 0.3) is 0 Å². The SMILES string of the molecule is CCOc1ccc(C(=O)Nc2cc(SC)sc2C(=N)N)cc1.COc1ccc(O)c(CC(=O)Nc2cc(SC)sc2C(=N)N)c1.COc1cccc(C(=O)NN=C(N)c2ccc(SC)s2)c1. The molecule has 0 aliphatic rings. The van der Waals surface area contributed by atoms with E-state index in [9.17, 15) is 19.5 Å². The van der Waals surface area contributed by atoms with E-state index in [4.69, 9.17) is 42.2 Å². The molecule has 0 unspecified atom stereocenters. The van der Waals surface area contributed by atoms with Gasteiger partial charge in [0.2, 0.25) is 5.91 Å². The second-order valence-corrected chi connectivity index (χ2v) is 19.5. The molecule has 0 spiro atoms. The van der Waals surface area contributed by atoms with E-state index >= 15 is 0 Å². The molecule has 3 aromatic carbocycles. The van der Waals surface area contributed by atoms with E-state index in [0.29, 0.717) is 55.9 Å². The quantitative estimate of drug-likeness (QED) is 0.0179. The van der Waals surface area contributed by atoms with Gasteiger partial charge in [-0.25, -0.2) is 5.43 Å². The highest BCUT2D eigenvalue weighted by Crippen LogP contribution is 2.34. The maximum Gasteiger partial charge on any atom is 0.271 e. The fourth-order valence-electron chi connectivity index (χ4n) is 5.35. The number of rotatable bonds is 17. The average Bonchev–Trinajstić information content (AvgIpc) is 4.09. The molecule has 22 heteroatoms. The summed E-state index contributed by atoms with van der Waals surface area (Å²) in [5, 5.41) is 34.5. The van der Waals surface area contributed by atoms with Crippen LogP contribution in [0.3, 0.4) is 0 Å². The van der Waals surface area contributed by atoms with Gasteiger partial charge >= 0.3 is 0 Å². The molecule has 16 nitrogen and oxygen atoms in total. The highest BCUT2D eigenvalue weighted by atomic mass is 32.2. The van der Waals surface area contributed by atoms with Crippen LogP contribution in [0, 0.1) is 10.8 Å². The number of thiophene rings is 3. The lowest BCUT2D eigenvalue weighted by molar-refractivity contribution is -0.115. The van der Waals surface area contributed by atoms with Gasteiger partial charge in [-0.15, -0.1) is 69.3 Å². The number of amides is 3. The molecule has 66 heavy (non-hydrogen) atoms. The molecule has 0 atom stereocenters. The number of ether oxygens (including phenoxy) is 3. The van der Waals surface area contributed by atoms with Crippen molar-refractivity contribution in [3.63, 3.8) is 0 Å². The summed E-state index contributed by atoms with van der Waals surface area (Å²) in [7, 11) is 3.07. The first-order valence-corrected chi connectivity index (χ1v) is 25.4. The Hall–Kier alpha value is -6.17. The zero-order chi connectivity index (χ0) is 48.3. The van der Waals surface area contributed by atoms with Gasteiger partial charge in [0.1, 0.15) is 34.7 Å². The number of nitrogens with one attached hydrogen (secondary N) is 5. The predicted octanol–water partition coefficient (Wildman–Crippen LogP) is 8.58. The average molecular weight is 1010 g/mol. The third kappa shape index (κ3) is 15.5. The molecular weight excluding hydrogens is 959 g/mol. The van der Waals surface area contributed by atoms with Crippen LogP contribution in [-0.2, 0) is 11.2 Å². The van der Waals surface area contributed by atoms with Gasteiger partial charge in [-0.2, -0.15) is 5.10 Å². The van der Waals surface area contributed by atoms with Crippen LogP contribution < -0.4 is 47.5 Å². The van der Waals surface area contributed by atoms with Crippen molar-refractivity contribution in [2.45, 2.75) is 26.0 Å². The van der Waals surface area contributed by atoms with E-state index in [1.807, 2.05) is 43.9 Å². The summed E-state index contributed by atoms with van der Waals surface area (Å²) in [6.45, 7) is 2.49. The lowest BCUT2D eigenvalue weighted by Crippen LogP contribution is -2.23. The number of nitrogens with zero attached hydrogens (tertiary/aromatic N) is 1. The number of benzene rings is 3. The fourth-order valence-corrected chi connectivity index (χ4v) is 9.85. The Balaban J connectivity index is 0.000000217. The van der Waals surface area contributed by atoms with Crippen molar-refractivity contribution in [3.8, 4) is 23.0 Å². The number of anilines is 2. The molecule has 12 N–H and O–H groups in total. The highest BCUT2D eigenvalue weighted by molar-refractivity contribution is 8.01. The Morgan fingerprint density at radius 3 is 1.80 bits per heavy atom. The van der Waals surface area contributed by atoms with E-state index in [0.717, 1.165) is 23.3 Å². The van der Waals surface area contributed by atoms with Gasteiger partial charge in [-0.1, -0.05) is 6.07 Å². The Kier molecular flexibility index (Phi) is 20.7. The zero-order valence-corrected chi connectivity index (χ0v) is 41.5. The van der Waals surface area contributed by atoms with E-state index in [2.05, 4.69) is 21.2 Å². The Morgan fingerprint density at radius 2 is 1.26 bits per heavy atom. The maximum atomic E-state index is 12.3. The van der Waals surface area contributed by atoms with Crippen LogP contribution in [0.2, 0.25) is 0 Å². The number of hydrogen-bond donors (Lipinski definition) is 9. The monoisotopic (exact) mass is 1010 g/mol. The van der Waals surface area contributed by atoms with Gasteiger partial charge in [0.05, 0.1) is 65.9 Å². The van der Waals surface area contributed by atoms with Gasteiger partial charge in [0.15, 0.2) is 5.84 Å². The number of phenolic OH excluding ortho intramolecular Hbond substituents is 1. The van der Waals surface area contributed by atoms with Crippen LogP contribution in [-0.4, -0.2) is 79.9 Å². The number of nitrogens with two attached hydrogens (primary N) is 3. The zero-order valence-electron chi connectivity index (χ0n) is 36.6. The Morgan fingerprint density at radius 1 is 0.682 bits per heavy atom. The minimum atomic E-state index is -0.335. The van der Waals surface area contributed by atoms with E-state index in [1.54, 1.807) is 97.4 Å². The Bertz CT molecular complexity index is 2660. The third-order valence-corrected chi connectivity index (χ3v) is 15.2. The number of thioether (sulfide) groups is 3. The van der Waals surface area contributed by atoms with Crippen molar-refractivity contribution < 1.29 is 33.7 Å². The highest BCUT2D eigenvalue weighted by Gasteiger charge is 2.17. The number of hydrogen-bond acceptors (Lipinski definition) is 16. The summed E-state index contributed by atoms with van der Waals surface area (Å²) in [6, 6.07) is 25.9. The second kappa shape index (κ2) is 26.1. The number of hydrazone groups is 1. The summed E-state index contributed by atoms with van der Waals surface area (Å²) in [4.78, 5) is 38.4. The standard InChI is InChI=1S/C15H17N3O3S2.C15H17N3O2S2.C14H15N3O2S2/c1-21-9-3-4-11(19)8(5-9)6-12(20)18-10-7-13(22-2)23-14(10)15(16)17;1-3-20-10-6-4-9(5-7-10)15(19)18-11-8-12(21-2)22-13(11)14(16)17;1-19-10-5-3-4-9(8-10)14(18)17-16-13(15)11-6-7-12(20-2)21-11/h3-5,7,19H,6H2,1-2H3,(H3,16,17)(H,18,20);4-8H,3H2,1-2H3,(H3,16,17)(H,18,19);3-8H,1-2H3,(H2,15,16)(H,17,18). The van der Waals surface area contributed by atoms with Crippen LogP contribution in [0.1, 0.15) is 47.8 Å². The molecule has 6 aromatic rings. The smallest absolute Gasteiger partial charge is 0.271 e. The number of carbonyl (C=O) groups is 3. The molecule has 6 rings (SSSR count). The number of phenols is 1. The fraction of sp³-hybridized carbons (Fsp3) is 0.182. The minimum absolute atomic E-state index is 0.00910. The lowest BCUT2D eigenvalue weighted by Gasteiger charge is -2.08. The molecule has 0 saturated heterocycles. The van der Waals surface area contributed by atoms with Gasteiger partial charge < -0.3 is 47.2 Å². The maximum absolute atomic E-state index is 12.3. The number of aromatic hydroxyl groups is 1. The molecule has 3 heterocycles. The molecule has 0 radical (unpaired) electrons. The summed E-state index contributed by atoms with van der Waals surface area (Å²) < 4.78 is 18.6. The second-order valence-electron chi connectivity index (χ2n) is 13.0. The lowest BCUT2D eigenvalue weighted by atomic mass is 10.1. The summed E-state index contributed by atoms with van der Waals surface area (Å²) in [5.41, 5.74) is 21.9. The van der Waals surface area contributed by atoms with Crippen LogP contribution >= 0.6 is 69.3 Å². The van der Waals surface area contributed by atoms with Gasteiger partial charge in [0.25, 0.3) is 11.8 Å². The molecule has 0 bridgehead atoms. The normalized spacial score (nSPS) is 10.6. The van der Waals surface area contributed by atoms with Crippen molar-refractivity contribution >= 4 is 116 Å². The van der Waals surface area contributed by atoms with Crippen molar-refractivity contribution in [2.75, 3.05) is 50.2 Å². The first kappa shape index (κ1) is 52.5. The van der Waals surface area contributed by atoms with Crippen LogP contribution in [0.5, 0.6) is 23.0 Å². The molecular formula is C44H49N9O7S6. The number of amidine groups is 3. The molecule has 348 valence electrons. The first-order chi connectivity index (χ1) is 31.6. The van der Waals surface area contributed by atoms with Gasteiger partial charge in [-0.3, -0.25) is 25.2 Å². The minimum Gasteiger partial charge on any atom is -0.508 e. The molecule has 0 fully saturated rings. The van der Waals surface area contributed by atoms with E-state index in [-0.39, 0.29) is 47.4 Å². The Labute approximate surface area is 407 Å². The van der Waals surface area contributed by atoms with E-state index in [1.165, 1.54) is 58.9 Å². The van der Waals surface area contributed by atoms with Gasteiger partial charge in [-0.05, 0) is 111 Å². The van der Waals surface area contributed by atoms with Gasteiger partial charge in [0, 0.05) is 16.7 Å². The van der Waals surface area contributed by atoms with Crippen molar-refractivity contribution in [1.82, 2.24) is 5.43 Å². The number of carbonyl (C=O) groups excluding carboxylic acids is 3. The molecule has 0 saturated carbocycles. The molecule has 0 aliphatic carbocycles. The largest absolute Gasteiger partial charge is 0.508 e. The third-order valence-electron chi connectivity index (χ3n) is 8.54. The summed E-state index contributed by atoms with van der Waals surface area (Å²) >= 11 is 8.98. The van der Waals surface area contributed by atoms with Crippen molar-refractivity contribution in [2.24, 2.45) is 22.3 Å². The number of methoxy groups -OCH3 is 2. The van der Waals surface area contributed by atoms with Crippen LogP contribution in [0.15, 0.2) is 109 Å². The number of nitrogen functional groups attached to an aromatic ring is 2.